The van der Waals surface area contributed by atoms with Crippen LogP contribution in [0.5, 0.6) is 0 Å². The van der Waals surface area contributed by atoms with Crippen LogP contribution in [0.25, 0.3) is 0 Å². The number of amides is 1. The van der Waals surface area contributed by atoms with Crippen molar-refractivity contribution in [3.05, 3.63) is 34.9 Å². The number of nitrogens with one attached hydrogen (secondary N) is 1. The molecule has 8 nitrogen and oxygen atoms in total. The summed E-state index contributed by atoms with van der Waals surface area (Å²) in [6.07, 6.45) is 3.97. The van der Waals surface area contributed by atoms with Crippen LogP contribution in [0.3, 0.4) is 0 Å². The average Bonchev–Trinajstić information content (AvgIpc) is 3.32. The van der Waals surface area contributed by atoms with Gasteiger partial charge in [-0.15, -0.1) is 0 Å². The van der Waals surface area contributed by atoms with E-state index in [0.29, 0.717) is 43.9 Å². The third-order valence-electron chi connectivity index (χ3n) is 6.64. The molecule has 38 heavy (non-hydrogen) atoms. The number of ether oxygens (including phenoxy) is 4. The zero-order valence-corrected chi connectivity index (χ0v) is 24.2. The van der Waals surface area contributed by atoms with Gasteiger partial charge in [-0.25, -0.2) is 0 Å². The third-order valence-corrected chi connectivity index (χ3v) is 6.90. The molecule has 2 rings (SSSR count). The number of carbonyl (C=O) groups excluding carboxylic acids is 3. The molecule has 2 atom stereocenters. The van der Waals surface area contributed by atoms with Crippen LogP contribution in [0.15, 0.2) is 24.3 Å². The summed E-state index contributed by atoms with van der Waals surface area (Å²) in [5, 5.41) is 3.70. The minimum Gasteiger partial charge on any atom is -0.466 e. The Morgan fingerprint density at radius 3 is 2.34 bits per heavy atom. The summed E-state index contributed by atoms with van der Waals surface area (Å²) in [6.45, 7) is 8.35. The topological polar surface area (TPSA) is 100 Å². The minimum atomic E-state index is -0.724. The highest BCUT2D eigenvalue weighted by molar-refractivity contribution is 6.30. The number of hydrogen-bond acceptors (Lipinski definition) is 7. The maximum absolute atomic E-state index is 13.8. The van der Waals surface area contributed by atoms with Crippen molar-refractivity contribution in [2.45, 2.75) is 90.9 Å². The monoisotopic (exact) mass is 553 g/mol. The molecule has 0 bridgehead atoms. The van der Waals surface area contributed by atoms with Crippen LogP contribution < -0.4 is 5.32 Å². The third kappa shape index (κ3) is 10.9. The predicted octanol–water partition coefficient (Wildman–Crippen LogP) is 5.24. The molecule has 0 aliphatic heterocycles. The summed E-state index contributed by atoms with van der Waals surface area (Å²) in [4.78, 5) is 39.1. The molecule has 1 aliphatic rings. The molecule has 214 valence electrons. The van der Waals surface area contributed by atoms with Gasteiger partial charge in [0.2, 0.25) is 5.91 Å². The molecule has 2 unspecified atom stereocenters. The van der Waals surface area contributed by atoms with Crippen molar-refractivity contribution in [1.29, 1.82) is 0 Å². The van der Waals surface area contributed by atoms with Gasteiger partial charge in [-0.05, 0) is 71.1 Å². The fourth-order valence-corrected chi connectivity index (χ4v) is 4.93. The Bertz CT molecular complexity index is 891. The second-order valence-electron chi connectivity index (χ2n) is 11.0. The van der Waals surface area contributed by atoms with Crippen molar-refractivity contribution in [3.8, 4) is 0 Å². The molecule has 1 fully saturated rings. The fraction of sp³-hybridized carbons (Fsp3) is 0.690. The number of esters is 2. The van der Waals surface area contributed by atoms with Gasteiger partial charge in [-0.1, -0.05) is 36.6 Å². The number of methoxy groups -OCH3 is 1. The van der Waals surface area contributed by atoms with E-state index in [2.05, 4.69) is 5.32 Å². The first-order chi connectivity index (χ1) is 18.0. The van der Waals surface area contributed by atoms with Crippen molar-refractivity contribution < 1.29 is 33.3 Å². The molecule has 1 aliphatic carbocycles. The first-order valence-corrected chi connectivity index (χ1v) is 13.9. The van der Waals surface area contributed by atoms with E-state index >= 15 is 0 Å². The van der Waals surface area contributed by atoms with Crippen molar-refractivity contribution in [3.63, 3.8) is 0 Å². The van der Waals surface area contributed by atoms with Gasteiger partial charge in [0.25, 0.3) is 0 Å². The lowest BCUT2D eigenvalue weighted by Crippen LogP contribution is -2.48. The number of carbonyl (C=O) groups is 3. The van der Waals surface area contributed by atoms with E-state index in [4.69, 9.17) is 30.5 Å². The molecular formula is C29H44ClNO7. The van der Waals surface area contributed by atoms with Crippen molar-refractivity contribution in [2.24, 2.45) is 11.3 Å². The molecule has 1 N–H and O–H groups in total. The van der Waals surface area contributed by atoms with E-state index in [1.54, 1.807) is 26.2 Å². The van der Waals surface area contributed by atoms with Gasteiger partial charge in [-0.2, -0.15) is 0 Å². The predicted molar refractivity (Wildman–Crippen MR) is 146 cm³/mol. The van der Waals surface area contributed by atoms with E-state index < -0.39 is 28.9 Å². The minimum absolute atomic E-state index is 0.00452. The molecule has 0 radical (unpaired) electrons. The normalized spacial score (nSPS) is 16.5. The average molecular weight is 554 g/mol. The Labute approximate surface area is 232 Å². The van der Waals surface area contributed by atoms with Gasteiger partial charge in [-0.3, -0.25) is 14.4 Å². The summed E-state index contributed by atoms with van der Waals surface area (Å²) in [6, 6.07) is 6.74. The fourth-order valence-electron chi connectivity index (χ4n) is 4.81. The van der Waals surface area contributed by atoms with Gasteiger partial charge >= 0.3 is 11.9 Å². The zero-order valence-electron chi connectivity index (χ0n) is 23.5. The summed E-state index contributed by atoms with van der Waals surface area (Å²) < 4.78 is 21.9. The standard InChI is InChI=1S/C29H44ClNO7/c1-6-37-25(32)17-24(20-36-19-21-9-11-23(30)12-10-21)31-27(34)29(14-7-8-15-29)18-22(13-16-35-5)26(33)38-28(2,3)4/h9-12,22,24H,6-8,13-20H2,1-5H3,(H,31,34). The maximum atomic E-state index is 13.8. The number of rotatable bonds is 15. The Morgan fingerprint density at radius 1 is 1.11 bits per heavy atom. The van der Waals surface area contributed by atoms with E-state index in [1.807, 2.05) is 32.9 Å². The largest absolute Gasteiger partial charge is 0.466 e. The molecule has 9 heteroatoms. The SMILES string of the molecule is CCOC(=O)CC(COCc1ccc(Cl)cc1)NC(=O)C1(CC(CCOC)C(=O)OC(C)(C)C)CCCC1. The lowest BCUT2D eigenvalue weighted by atomic mass is 9.75. The summed E-state index contributed by atoms with van der Waals surface area (Å²) >= 11 is 5.95. The van der Waals surface area contributed by atoms with Crippen LogP contribution in [0.2, 0.25) is 5.02 Å². The van der Waals surface area contributed by atoms with Crippen LogP contribution in [0, 0.1) is 11.3 Å². The number of hydrogen-bond donors (Lipinski definition) is 1. The van der Waals surface area contributed by atoms with Crippen LogP contribution >= 0.6 is 11.6 Å². The smallest absolute Gasteiger partial charge is 0.309 e. The molecular weight excluding hydrogens is 510 g/mol. The highest BCUT2D eigenvalue weighted by Gasteiger charge is 2.45. The molecule has 0 spiro atoms. The Balaban J connectivity index is 2.14. The molecule has 1 aromatic carbocycles. The van der Waals surface area contributed by atoms with E-state index in [9.17, 15) is 14.4 Å². The van der Waals surface area contributed by atoms with E-state index in [-0.39, 0.29) is 31.5 Å². The van der Waals surface area contributed by atoms with Gasteiger partial charge in [0.15, 0.2) is 0 Å². The number of benzene rings is 1. The van der Waals surface area contributed by atoms with Crippen LogP contribution in [-0.2, 0) is 39.9 Å². The summed E-state index contributed by atoms with van der Waals surface area (Å²) in [5.41, 5.74) is -0.417. The molecule has 0 heterocycles. The summed E-state index contributed by atoms with van der Waals surface area (Å²) in [7, 11) is 1.59. The first kappa shape index (κ1) is 32.1. The Hall–Kier alpha value is -2.16. The lowest BCUT2D eigenvalue weighted by molar-refractivity contribution is -0.162. The molecule has 1 saturated carbocycles. The highest BCUT2D eigenvalue weighted by atomic mass is 35.5. The molecule has 0 aromatic heterocycles. The lowest BCUT2D eigenvalue weighted by Gasteiger charge is -2.34. The molecule has 1 amide bonds. The van der Waals surface area contributed by atoms with Gasteiger partial charge < -0.3 is 24.3 Å². The number of halogens is 1. The molecule has 1 aromatic rings. The van der Waals surface area contributed by atoms with Crippen LogP contribution in [0.4, 0.5) is 0 Å². The summed E-state index contributed by atoms with van der Waals surface area (Å²) in [5.74, 6) is -1.35. The Morgan fingerprint density at radius 2 is 1.76 bits per heavy atom. The molecule has 0 saturated heterocycles. The maximum Gasteiger partial charge on any atom is 0.309 e. The second-order valence-corrected chi connectivity index (χ2v) is 11.5. The van der Waals surface area contributed by atoms with Gasteiger partial charge in [0.05, 0.1) is 43.6 Å². The second kappa shape index (κ2) is 15.4. The van der Waals surface area contributed by atoms with Crippen molar-refractivity contribution in [1.82, 2.24) is 5.32 Å². The van der Waals surface area contributed by atoms with E-state index in [0.717, 1.165) is 18.4 Å². The quantitative estimate of drug-likeness (QED) is 0.296. The van der Waals surface area contributed by atoms with Gasteiger partial charge in [0.1, 0.15) is 5.60 Å². The van der Waals surface area contributed by atoms with Crippen LogP contribution in [0.1, 0.15) is 78.2 Å². The Kier molecular flexibility index (Phi) is 13.0. The van der Waals surface area contributed by atoms with Crippen molar-refractivity contribution >= 4 is 29.4 Å². The zero-order chi connectivity index (χ0) is 28.2. The van der Waals surface area contributed by atoms with Crippen LogP contribution in [-0.4, -0.2) is 56.4 Å². The van der Waals surface area contributed by atoms with Gasteiger partial charge in [0, 0.05) is 18.7 Å². The highest BCUT2D eigenvalue weighted by Crippen LogP contribution is 2.44. The van der Waals surface area contributed by atoms with E-state index in [1.165, 1.54) is 0 Å². The van der Waals surface area contributed by atoms with Crippen molar-refractivity contribution in [2.75, 3.05) is 26.9 Å². The first-order valence-electron chi connectivity index (χ1n) is 13.5.